The average Bonchev–Trinajstić information content (AvgIpc) is 2.40. The van der Waals surface area contributed by atoms with E-state index in [2.05, 4.69) is 21.5 Å². The molecule has 0 aliphatic heterocycles. The Hall–Kier alpha value is -0.970. The van der Waals surface area contributed by atoms with Crippen LogP contribution in [0.3, 0.4) is 0 Å². The molecule has 2 unspecified atom stereocenters. The number of thioether (sulfide) groups is 1. The van der Waals surface area contributed by atoms with Crippen LogP contribution in [0.25, 0.3) is 0 Å². The standard InChI is InChI=1S/C13H21N3OS/c1-3-17-13-8-12(14-9-15-13)16-10-5-4-6-11(7-10)18-2/h8-11H,3-7H2,1-2H3,(H,14,15,16). The molecule has 1 heterocycles. The molecule has 0 saturated heterocycles. The van der Waals surface area contributed by atoms with Gasteiger partial charge in [-0.3, -0.25) is 0 Å². The van der Waals surface area contributed by atoms with Crippen LogP contribution in [-0.2, 0) is 0 Å². The van der Waals surface area contributed by atoms with E-state index in [1.165, 1.54) is 25.7 Å². The number of anilines is 1. The Bertz CT molecular complexity index is 375. The highest BCUT2D eigenvalue weighted by Crippen LogP contribution is 2.28. The molecule has 0 radical (unpaired) electrons. The summed E-state index contributed by atoms with van der Waals surface area (Å²) in [5.41, 5.74) is 0. The van der Waals surface area contributed by atoms with Crippen LogP contribution in [0.5, 0.6) is 5.88 Å². The lowest BCUT2D eigenvalue weighted by Crippen LogP contribution is -2.28. The molecule has 18 heavy (non-hydrogen) atoms. The lowest BCUT2D eigenvalue weighted by atomic mass is 9.95. The Labute approximate surface area is 113 Å². The van der Waals surface area contributed by atoms with Gasteiger partial charge in [0.15, 0.2) is 0 Å². The summed E-state index contributed by atoms with van der Waals surface area (Å²) in [6.07, 6.45) is 8.84. The molecular formula is C13H21N3OS. The van der Waals surface area contributed by atoms with Crippen molar-refractivity contribution in [3.05, 3.63) is 12.4 Å². The third kappa shape index (κ3) is 3.77. The van der Waals surface area contributed by atoms with E-state index in [-0.39, 0.29) is 0 Å². The van der Waals surface area contributed by atoms with E-state index >= 15 is 0 Å². The summed E-state index contributed by atoms with van der Waals surface area (Å²) in [7, 11) is 0. The Morgan fingerprint density at radius 1 is 1.44 bits per heavy atom. The number of nitrogens with zero attached hydrogens (tertiary/aromatic N) is 2. The molecule has 1 aromatic heterocycles. The van der Waals surface area contributed by atoms with Gasteiger partial charge in [0.05, 0.1) is 6.61 Å². The molecule has 1 fully saturated rings. The summed E-state index contributed by atoms with van der Waals surface area (Å²) >= 11 is 1.97. The first-order chi connectivity index (χ1) is 8.81. The molecule has 1 saturated carbocycles. The molecule has 0 bridgehead atoms. The normalized spacial score (nSPS) is 23.7. The quantitative estimate of drug-likeness (QED) is 0.888. The highest BCUT2D eigenvalue weighted by Gasteiger charge is 2.21. The highest BCUT2D eigenvalue weighted by molar-refractivity contribution is 7.99. The van der Waals surface area contributed by atoms with E-state index in [1.807, 2.05) is 24.8 Å². The Morgan fingerprint density at radius 3 is 3.11 bits per heavy atom. The molecule has 5 heteroatoms. The van der Waals surface area contributed by atoms with E-state index in [0.717, 1.165) is 11.1 Å². The van der Waals surface area contributed by atoms with Crippen molar-refractivity contribution in [1.82, 2.24) is 9.97 Å². The lowest BCUT2D eigenvalue weighted by Gasteiger charge is -2.29. The number of nitrogens with one attached hydrogen (secondary N) is 1. The van der Waals surface area contributed by atoms with Crippen molar-refractivity contribution in [1.29, 1.82) is 0 Å². The SMILES string of the molecule is CCOc1cc(NC2CCCC(SC)C2)ncn1. The largest absolute Gasteiger partial charge is 0.478 e. The molecule has 1 aliphatic carbocycles. The number of ether oxygens (including phenoxy) is 1. The zero-order chi connectivity index (χ0) is 12.8. The van der Waals surface area contributed by atoms with Gasteiger partial charge in [0.25, 0.3) is 0 Å². The summed E-state index contributed by atoms with van der Waals surface area (Å²) in [4.78, 5) is 8.33. The molecule has 4 nitrogen and oxygen atoms in total. The van der Waals surface area contributed by atoms with Crippen molar-refractivity contribution in [2.24, 2.45) is 0 Å². The molecule has 1 aromatic rings. The fraction of sp³-hybridized carbons (Fsp3) is 0.692. The van der Waals surface area contributed by atoms with E-state index < -0.39 is 0 Å². The van der Waals surface area contributed by atoms with Gasteiger partial charge in [-0.15, -0.1) is 0 Å². The van der Waals surface area contributed by atoms with Crippen LogP contribution < -0.4 is 10.1 Å². The first-order valence-electron chi connectivity index (χ1n) is 6.56. The smallest absolute Gasteiger partial charge is 0.218 e. The van der Waals surface area contributed by atoms with E-state index in [9.17, 15) is 0 Å². The predicted octanol–water partition coefficient (Wildman–Crippen LogP) is 2.96. The first kappa shape index (κ1) is 13.5. The van der Waals surface area contributed by atoms with Gasteiger partial charge in [-0.25, -0.2) is 9.97 Å². The topological polar surface area (TPSA) is 47.0 Å². The van der Waals surface area contributed by atoms with Crippen LogP contribution in [0.2, 0.25) is 0 Å². The Balaban J connectivity index is 1.93. The van der Waals surface area contributed by atoms with Crippen molar-refractivity contribution >= 4 is 17.6 Å². The summed E-state index contributed by atoms with van der Waals surface area (Å²) in [5, 5.41) is 4.28. The third-order valence-electron chi connectivity index (χ3n) is 3.25. The Kier molecular flexibility index (Phi) is 5.11. The second kappa shape index (κ2) is 6.83. The fourth-order valence-electron chi connectivity index (χ4n) is 2.34. The lowest BCUT2D eigenvalue weighted by molar-refractivity contribution is 0.326. The second-order valence-electron chi connectivity index (χ2n) is 4.54. The zero-order valence-electron chi connectivity index (χ0n) is 11.1. The van der Waals surface area contributed by atoms with E-state index in [1.54, 1.807) is 6.33 Å². The van der Waals surface area contributed by atoms with Gasteiger partial charge < -0.3 is 10.1 Å². The maximum absolute atomic E-state index is 5.38. The summed E-state index contributed by atoms with van der Waals surface area (Å²) < 4.78 is 5.38. The number of aromatic nitrogens is 2. The second-order valence-corrected chi connectivity index (χ2v) is 5.68. The van der Waals surface area contributed by atoms with Gasteiger partial charge in [0.2, 0.25) is 5.88 Å². The Morgan fingerprint density at radius 2 is 2.33 bits per heavy atom. The fourth-order valence-corrected chi connectivity index (χ4v) is 3.17. The maximum atomic E-state index is 5.38. The third-order valence-corrected chi connectivity index (χ3v) is 4.34. The first-order valence-corrected chi connectivity index (χ1v) is 7.84. The summed E-state index contributed by atoms with van der Waals surface area (Å²) in [6, 6.07) is 2.41. The van der Waals surface area contributed by atoms with E-state index in [4.69, 9.17) is 4.74 Å². The van der Waals surface area contributed by atoms with Crippen LogP contribution >= 0.6 is 11.8 Å². The van der Waals surface area contributed by atoms with Crippen molar-refractivity contribution in [2.45, 2.75) is 43.9 Å². The van der Waals surface area contributed by atoms with Crippen molar-refractivity contribution in [3.8, 4) is 5.88 Å². The molecule has 100 valence electrons. The van der Waals surface area contributed by atoms with Gasteiger partial charge >= 0.3 is 0 Å². The number of rotatable bonds is 5. The molecule has 2 rings (SSSR count). The van der Waals surface area contributed by atoms with Crippen LogP contribution in [0.15, 0.2) is 12.4 Å². The van der Waals surface area contributed by atoms with Gasteiger partial charge in [0.1, 0.15) is 12.1 Å². The predicted molar refractivity (Wildman–Crippen MR) is 76.4 cm³/mol. The minimum absolute atomic E-state index is 0.528. The molecule has 2 atom stereocenters. The van der Waals surface area contributed by atoms with Gasteiger partial charge in [-0.1, -0.05) is 6.42 Å². The summed E-state index contributed by atoms with van der Waals surface area (Å²) in [5.74, 6) is 1.52. The molecule has 0 amide bonds. The minimum atomic E-state index is 0.528. The molecular weight excluding hydrogens is 246 g/mol. The van der Waals surface area contributed by atoms with Crippen molar-refractivity contribution in [3.63, 3.8) is 0 Å². The van der Waals surface area contributed by atoms with Crippen LogP contribution in [0.1, 0.15) is 32.6 Å². The van der Waals surface area contributed by atoms with Crippen LogP contribution in [0, 0.1) is 0 Å². The number of hydrogen-bond acceptors (Lipinski definition) is 5. The van der Waals surface area contributed by atoms with E-state index in [0.29, 0.717) is 18.5 Å². The van der Waals surface area contributed by atoms with Crippen molar-refractivity contribution in [2.75, 3.05) is 18.2 Å². The van der Waals surface area contributed by atoms with Crippen molar-refractivity contribution < 1.29 is 4.74 Å². The number of hydrogen-bond donors (Lipinski definition) is 1. The zero-order valence-corrected chi connectivity index (χ0v) is 11.9. The van der Waals surface area contributed by atoms with Gasteiger partial charge in [-0.2, -0.15) is 11.8 Å². The molecule has 1 N–H and O–H groups in total. The molecule has 1 aliphatic rings. The maximum Gasteiger partial charge on any atom is 0.218 e. The monoisotopic (exact) mass is 267 g/mol. The van der Waals surface area contributed by atoms with Crippen LogP contribution in [0.4, 0.5) is 5.82 Å². The van der Waals surface area contributed by atoms with Gasteiger partial charge in [-0.05, 0) is 32.4 Å². The van der Waals surface area contributed by atoms with Crippen LogP contribution in [-0.4, -0.2) is 34.1 Å². The minimum Gasteiger partial charge on any atom is -0.478 e. The van der Waals surface area contributed by atoms with Gasteiger partial charge in [0, 0.05) is 17.4 Å². The highest BCUT2D eigenvalue weighted by atomic mass is 32.2. The molecule has 0 spiro atoms. The summed E-state index contributed by atoms with van der Waals surface area (Å²) in [6.45, 7) is 2.59. The molecule has 0 aromatic carbocycles. The average molecular weight is 267 g/mol.